The molecule has 0 unspecified atom stereocenters. The summed E-state index contributed by atoms with van der Waals surface area (Å²) in [4.78, 5) is 7.11. The summed E-state index contributed by atoms with van der Waals surface area (Å²) in [5.74, 6) is 1.14. The van der Waals surface area contributed by atoms with E-state index in [0.29, 0.717) is 12.1 Å². The van der Waals surface area contributed by atoms with Gasteiger partial charge in [0.05, 0.1) is 0 Å². The third kappa shape index (κ3) is 4.96. The number of nitrogens with one attached hydrogen (secondary N) is 1. The van der Waals surface area contributed by atoms with E-state index < -0.39 is 0 Å². The van der Waals surface area contributed by atoms with Crippen LogP contribution in [0.2, 0.25) is 0 Å². The molecule has 1 aliphatic carbocycles. The largest absolute Gasteiger partial charge is 0.356 e. The van der Waals surface area contributed by atoms with Gasteiger partial charge in [-0.05, 0) is 34.8 Å². The monoisotopic (exact) mass is 353 g/mol. The predicted molar refractivity (Wildman–Crippen MR) is 93.8 cm³/mol. The van der Waals surface area contributed by atoms with Crippen molar-refractivity contribution in [2.45, 2.75) is 71.0 Å². The Morgan fingerprint density at radius 3 is 2.57 bits per heavy atom. The van der Waals surface area contributed by atoms with Crippen molar-refractivity contribution >= 4 is 21.7 Å². The maximum absolute atomic E-state index is 4.70. The number of pyridine rings is 1. The zero-order chi connectivity index (χ0) is 15.2. The molecule has 21 heavy (non-hydrogen) atoms. The molecule has 1 saturated carbocycles. The van der Waals surface area contributed by atoms with E-state index in [4.69, 9.17) is 4.98 Å². The second-order valence-corrected chi connectivity index (χ2v) is 7.34. The van der Waals surface area contributed by atoms with Crippen molar-refractivity contribution in [3.05, 3.63) is 22.3 Å². The molecule has 0 aliphatic heterocycles. The van der Waals surface area contributed by atoms with Crippen molar-refractivity contribution in [1.82, 2.24) is 10.3 Å². The van der Waals surface area contributed by atoms with Crippen LogP contribution in [-0.4, -0.2) is 24.1 Å². The quantitative estimate of drug-likeness (QED) is 0.789. The van der Waals surface area contributed by atoms with Gasteiger partial charge in [-0.1, -0.05) is 39.5 Å². The average Bonchev–Trinajstić information content (AvgIpc) is 2.73. The second kappa shape index (κ2) is 8.14. The average molecular weight is 354 g/mol. The van der Waals surface area contributed by atoms with Crippen LogP contribution in [0.3, 0.4) is 0 Å². The van der Waals surface area contributed by atoms with Gasteiger partial charge in [0, 0.05) is 41.9 Å². The molecule has 0 saturated heterocycles. The van der Waals surface area contributed by atoms with Gasteiger partial charge < -0.3 is 10.2 Å². The van der Waals surface area contributed by atoms with Crippen LogP contribution in [0.5, 0.6) is 0 Å². The molecule has 0 spiro atoms. The molecule has 0 bridgehead atoms. The van der Waals surface area contributed by atoms with Crippen LogP contribution in [0.25, 0.3) is 0 Å². The summed E-state index contributed by atoms with van der Waals surface area (Å²) in [5, 5.41) is 3.51. The van der Waals surface area contributed by atoms with E-state index in [1.165, 1.54) is 44.1 Å². The summed E-state index contributed by atoms with van der Waals surface area (Å²) in [6.07, 6.45) is 9.99. The highest BCUT2D eigenvalue weighted by Gasteiger charge is 2.20. The zero-order valence-electron chi connectivity index (χ0n) is 13.5. The second-order valence-electron chi connectivity index (χ2n) is 6.43. The number of hydrogen-bond acceptors (Lipinski definition) is 3. The Kier molecular flexibility index (Phi) is 6.49. The number of anilines is 1. The molecule has 0 amide bonds. The first-order chi connectivity index (χ1) is 10.1. The Bertz CT molecular complexity index is 440. The highest BCUT2D eigenvalue weighted by Crippen LogP contribution is 2.27. The third-order valence-corrected chi connectivity index (χ3v) is 4.75. The van der Waals surface area contributed by atoms with Gasteiger partial charge in [0.15, 0.2) is 0 Å². The Morgan fingerprint density at radius 2 is 1.95 bits per heavy atom. The van der Waals surface area contributed by atoms with E-state index >= 15 is 0 Å². The Hall–Kier alpha value is -0.610. The first-order valence-electron chi connectivity index (χ1n) is 8.18. The fourth-order valence-corrected chi connectivity index (χ4v) is 3.43. The van der Waals surface area contributed by atoms with E-state index in [-0.39, 0.29) is 0 Å². The molecule has 1 aromatic rings. The summed E-state index contributed by atoms with van der Waals surface area (Å²) in [5.41, 5.74) is 1.28. The van der Waals surface area contributed by atoms with Crippen LogP contribution in [0.1, 0.15) is 57.9 Å². The minimum atomic E-state index is 0.486. The van der Waals surface area contributed by atoms with Crippen molar-refractivity contribution in [2.75, 3.05) is 11.9 Å². The maximum atomic E-state index is 4.70. The third-order valence-electron chi connectivity index (χ3n) is 4.32. The number of halogens is 1. The summed E-state index contributed by atoms with van der Waals surface area (Å²) in [6, 6.07) is 3.32. The number of rotatable bonds is 5. The van der Waals surface area contributed by atoms with Gasteiger partial charge in [-0.2, -0.15) is 0 Å². The van der Waals surface area contributed by atoms with Crippen molar-refractivity contribution in [3.8, 4) is 0 Å². The molecule has 1 fully saturated rings. The van der Waals surface area contributed by atoms with E-state index in [1.54, 1.807) is 0 Å². The van der Waals surface area contributed by atoms with Crippen LogP contribution >= 0.6 is 15.9 Å². The van der Waals surface area contributed by atoms with Gasteiger partial charge in [0.25, 0.3) is 0 Å². The molecule has 1 aliphatic rings. The molecular weight excluding hydrogens is 326 g/mol. The standard InChI is InChI=1S/C17H28BrN3/c1-13(2)19-11-14-10-15(18)12-20-17(14)21(3)16-8-6-4-5-7-9-16/h10,12-13,16,19H,4-9,11H2,1-3H3. The smallest absolute Gasteiger partial charge is 0.133 e. The molecular formula is C17H28BrN3. The SMILES string of the molecule is CC(C)NCc1cc(Br)cnc1N(C)C1CCCCCC1. The molecule has 1 aromatic heterocycles. The molecule has 3 nitrogen and oxygen atoms in total. The summed E-state index contributed by atoms with van der Waals surface area (Å²) < 4.78 is 1.06. The highest BCUT2D eigenvalue weighted by atomic mass is 79.9. The summed E-state index contributed by atoms with van der Waals surface area (Å²) >= 11 is 3.55. The van der Waals surface area contributed by atoms with Crippen molar-refractivity contribution in [2.24, 2.45) is 0 Å². The maximum Gasteiger partial charge on any atom is 0.133 e. The van der Waals surface area contributed by atoms with Crippen LogP contribution in [0.4, 0.5) is 5.82 Å². The van der Waals surface area contributed by atoms with E-state index in [2.05, 4.69) is 53.1 Å². The number of hydrogen-bond donors (Lipinski definition) is 1. The van der Waals surface area contributed by atoms with Gasteiger partial charge in [0.2, 0.25) is 0 Å². The van der Waals surface area contributed by atoms with Gasteiger partial charge in [0.1, 0.15) is 5.82 Å². The minimum Gasteiger partial charge on any atom is -0.356 e. The predicted octanol–water partition coefficient (Wildman–Crippen LogP) is 4.50. The molecule has 2 rings (SSSR count). The Balaban J connectivity index is 2.16. The van der Waals surface area contributed by atoms with Gasteiger partial charge in [-0.15, -0.1) is 0 Å². The molecule has 4 heteroatoms. The van der Waals surface area contributed by atoms with Gasteiger partial charge >= 0.3 is 0 Å². The fourth-order valence-electron chi connectivity index (χ4n) is 3.05. The van der Waals surface area contributed by atoms with Crippen LogP contribution in [-0.2, 0) is 6.54 Å². The lowest BCUT2D eigenvalue weighted by atomic mass is 10.1. The van der Waals surface area contributed by atoms with Crippen molar-refractivity contribution in [3.63, 3.8) is 0 Å². The van der Waals surface area contributed by atoms with Crippen molar-refractivity contribution in [1.29, 1.82) is 0 Å². The van der Waals surface area contributed by atoms with E-state index in [9.17, 15) is 0 Å². The first kappa shape index (κ1) is 16.8. The topological polar surface area (TPSA) is 28.2 Å². The number of nitrogens with zero attached hydrogens (tertiary/aromatic N) is 2. The van der Waals surface area contributed by atoms with Crippen LogP contribution in [0, 0.1) is 0 Å². The fraction of sp³-hybridized carbons (Fsp3) is 0.706. The van der Waals surface area contributed by atoms with Crippen LogP contribution in [0.15, 0.2) is 16.7 Å². The lowest BCUT2D eigenvalue weighted by Gasteiger charge is -2.30. The van der Waals surface area contributed by atoms with Crippen molar-refractivity contribution < 1.29 is 0 Å². The van der Waals surface area contributed by atoms with Gasteiger partial charge in [-0.25, -0.2) is 4.98 Å². The molecule has 0 atom stereocenters. The van der Waals surface area contributed by atoms with Gasteiger partial charge in [-0.3, -0.25) is 0 Å². The molecule has 0 radical (unpaired) electrons. The summed E-state index contributed by atoms with van der Waals surface area (Å²) in [7, 11) is 2.21. The molecule has 118 valence electrons. The molecule has 1 N–H and O–H groups in total. The normalized spacial score (nSPS) is 17.0. The molecule has 0 aromatic carbocycles. The first-order valence-corrected chi connectivity index (χ1v) is 8.98. The highest BCUT2D eigenvalue weighted by molar-refractivity contribution is 9.10. The van der Waals surface area contributed by atoms with E-state index in [0.717, 1.165) is 16.8 Å². The summed E-state index contributed by atoms with van der Waals surface area (Å²) in [6.45, 7) is 5.23. The Labute approximate surface area is 137 Å². The minimum absolute atomic E-state index is 0.486. The zero-order valence-corrected chi connectivity index (χ0v) is 15.1. The van der Waals surface area contributed by atoms with E-state index in [1.807, 2.05) is 6.20 Å². The molecule has 1 heterocycles. The number of aromatic nitrogens is 1. The lowest BCUT2D eigenvalue weighted by molar-refractivity contribution is 0.542. The Morgan fingerprint density at radius 1 is 1.29 bits per heavy atom. The van der Waals surface area contributed by atoms with Crippen LogP contribution < -0.4 is 10.2 Å². The lowest BCUT2D eigenvalue weighted by Crippen LogP contribution is -2.33.